The lowest BCUT2D eigenvalue weighted by molar-refractivity contribution is 0.0901. The van der Waals surface area contributed by atoms with Gasteiger partial charge in [-0.05, 0) is 56.2 Å². The van der Waals surface area contributed by atoms with Gasteiger partial charge in [0.15, 0.2) is 0 Å². The van der Waals surface area contributed by atoms with Crippen LogP contribution in [0.2, 0.25) is 5.02 Å². The third-order valence-corrected chi connectivity index (χ3v) is 4.90. The molecule has 0 radical (unpaired) electrons. The number of ether oxygens (including phenoxy) is 1. The summed E-state index contributed by atoms with van der Waals surface area (Å²) in [5.41, 5.74) is 3.70. The quantitative estimate of drug-likeness (QED) is 0.565. The van der Waals surface area contributed by atoms with Gasteiger partial charge in [0.2, 0.25) is 5.76 Å². The fourth-order valence-electron chi connectivity index (χ4n) is 2.71. The van der Waals surface area contributed by atoms with Gasteiger partial charge in [-0.1, -0.05) is 41.0 Å². The van der Waals surface area contributed by atoms with E-state index < -0.39 is 6.09 Å². The number of rotatable bonds is 6. The Morgan fingerprint density at radius 1 is 1.10 bits per heavy atom. The normalized spacial score (nSPS) is 11.6. The maximum atomic E-state index is 12.4. The summed E-state index contributed by atoms with van der Waals surface area (Å²) in [5.74, 6) is -0.116. The summed E-state index contributed by atoms with van der Waals surface area (Å²) in [6.07, 6.45) is -0.560. The van der Waals surface area contributed by atoms with Gasteiger partial charge in [-0.2, -0.15) is 0 Å². The van der Waals surface area contributed by atoms with Crippen LogP contribution in [0.5, 0.6) is 0 Å². The molecule has 3 aromatic rings. The number of nitrogens with one attached hydrogen (secondary N) is 2. The Morgan fingerprint density at radius 2 is 1.77 bits per heavy atom. The van der Waals surface area contributed by atoms with E-state index in [9.17, 15) is 9.59 Å². The van der Waals surface area contributed by atoms with Crippen LogP contribution in [0.25, 0.3) is 0 Å². The van der Waals surface area contributed by atoms with E-state index in [-0.39, 0.29) is 24.3 Å². The van der Waals surface area contributed by atoms with Crippen LogP contribution in [0, 0.1) is 13.8 Å². The van der Waals surface area contributed by atoms with Crippen LogP contribution in [-0.4, -0.2) is 17.2 Å². The lowest BCUT2D eigenvalue weighted by Gasteiger charge is -2.14. The molecule has 0 bridgehead atoms. The van der Waals surface area contributed by atoms with Crippen LogP contribution in [0.3, 0.4) is 0 Å². The fourth-order valence-corrected chi connectivity index (χ4v) is 2.84. The molecule has 0 saturated carbocycles. The molecule has 1 heterocycles. The van der Waals surface area contributed by atoms with E-state index in [1.165, 1.54) is 0 Å². The van der Waals surface area contributed by atoms with E-state index in [2.05, 4.69) is 15.8 Å². The second-order valence-electron chi connectivity index (χ2n) is 6.87. The number of hydrogen-bond donors (Lipinski definition) is 2. The molecule has 2 N–H and O–H groups in total. The summed E-state index contributed by atoms with van der Waals surface area (Å²) < 4.78 is 10.3. The highest BCUT2D eigenvalue weighted by Gasteiger charge is 2.19. The lowest BCUT2D eigenvalue weighted by Crippen LogP contribution is -2.26. The Balaban J connectivity index is 1.52. The van der Waals surface area contributed by atoms with E-state index in [0.29, 0.717) is 16.4 Å². The highest BCUT2D eigenvalue weighted by molar-refractivity contribution is 6.30. The van der Waals surface area contributed by atoms with Crippen LogP contribution in [-0.2, 0) is 11.3 Å². The summed E-state index contributed by atoms with van der Waals surface area (Å²) in [7, 11) is 0. The number of aromatic nitrogens is 1. The largest absolute Gasteiger partial charge is 0.444 e. The highest BCUT2D eigenvalue weighted by atomic mass is 35.5. The van der Waals surface area contributed by atoms with Gasteiger partial charge in [-0.3, -0.25) is 10.1 Å². The van der Waals surface area contributed by atoms with Crippen LogP contribution >= 0.6 is 11.6 Å². The van der Waals surface area contributed by atoms with Crippen LogP contribution < -0.4 is 10.6 Å². The van der Waals surface area contributed by atoms with Gasteiger partial charge >= 0.3 is 6.09 Å². The Kier molecular flexibility index (Phi) is 6.74. The molecule has 1 atom stereocenters. The third kappa shape index (κ3) is 5.39. The van der Waals surface area contributed by atoms with E-state index in [4.69, 9.17) is 20.9 Å². The maximum Gasteiger partial charge on any atom is 0.411 e. The summed E-state index contributed by atoms with van der Waals surface area (Å²) in [4.78, 5) is 24.3. The minimum atomic E-state index is -0.560. The number of halogens is 1. The number of amides is 2. The van der Waals surface area contributed by atoms with Crippen LogP contribution in [0.15, 0.2) is 53.1 Å². The fraction of sp³-hybridized carbons (Fsp3) is 0.227. The smallest absolute Gasteiger partial charge is 0.411 e. The Labute approximate surface area is 179 Å². The highest BCUT2D eigenvalue weighted by Crippen LogP contribution is 2.19. The zero-order valence-corrected chi connectivity index (χ0v) is 17.6. The number of benzene rings is 2. The van der Waals surface area contributed by atoms with Crippen molar-refractivity contribution in [2.45, 2.75) is 33.4 Å². The summed E-state index contributed by atoms with van der Waals surface area (Å²) >= 11 is 5.83. The molecule has 0 fully saturated rings. The topological polar surface area (TPSA) is 93.5 Å². The first-order valence-corrected chi connectivity index (χ1v) is 9.73. The first-order chi connectivity index (χ1) is 14.3. The molecule has 1 aromatic heterocycles. The average molecular weight is 428 g/mol. The molecule has 8 heteroatoms. The third-order valence-electron chi connectivity index (χ3n) is 4.65. The molecule has 2 amide bonds. The first-order valence-electron chi connectivity index (χ1n) is 9.35. The van der Waals surface area contributed by atoms with Gasteiger partial charge in [0.25, 0.3) is 5.91 Å². The van der Waals surface area contributed by atoms with Crippen molar-refractivity contribution in [1.29, 1.82) is 0 Å². The SMILES string of the molecule is Cc1noc(C(=O)N[C@@H](C)c2ccc(NC(=O)OCc3ccc(Cl)cc3)cc2)c1C. The minimum absolute atomic E-state index is 0.144. The van der Waals surface area contributed by atoms with Gasteiger partial charge in [0.1, 0.15) is 6.61 Å². The van der Waals surface area contributed by atoms with E-state index >= 15 is 0 Å². The molecular formula is C22H22ClN3O4. The van der Waals surface area contributed by atoms with Crippen molar-refractivity contribution >= 4 is 29.3 Å². The summed E-state index contributed by atoms with van der Waals surface area (Å²) in [6, 6.07) is 13.9. The Bertz CT molecular complexity index is 1030. The van der Waals surface area contributed by atoms with Crippen LogP contribution in [0.4, 0.5) is 10.5 Å². The Morgan fingerprint density at radius 3 is 2.37 bits per heavy atom. The molecule has 3 rings (SSSR count). The second kappa shape index (κ2) is 9.45. The predicted molar refractivity (Wildman–Crippen MR) is 114 cm³/mol. The standard InChI is InChI=1S/C22H22ClN3O4/c1-13-14(2)26-30-20(13)21(27)24-15(3)17-6-10-19(11-7-17)25-22(28)29-12-16-4-8-18(23)9-5-16/h4-11,15H,12H2,1-3H3,(H,24,27)(H,25,28)/t15-/m0/s1. The average Bonchev–Trinajstić information content (AvgIpc) is 3.06. The summed E-state index contributed by atoms with van der Waals surface area (Å²) in [5, 5.41) is 9.97. The van der Waals surface area contributed by atoms with Gasteiger partial charge in [-0.15, -0.1) is 0 Å². The van der Waals surface area contributed by atoms with Crippen molar-refractivity contribution in [1.82, 2.24) is 10.5 Å². The van der Waals surface area contributed by atoms with Crippen molar-refractivity contribution in [2.24, 2.45) is 0 Å². The number of aryl methyl sites for hydroxylation is 1. The molecular weight excluding hydrogens is 406 g/mol. The lowest BCUT2D eigenvalue weighted by atomic mass is 10.1. The number of nitrogens with zero attached hydrogens (tertiary/aromatic N) is 1. The molecule has 2 aromatic carbocycles. The van der Waals surface area contributed by atoms with Crippen molar-refractivity contribution in [2.75, 3.05) is 5.32 Å². The molecule has 156 valence electrons. The van der Waals surface area contributed by atoms with E-state index in [1.807, 2.05) is 19.1 Å². The van der Waals surface area contributed by atoms with Crippen LogP contribution in [0.1, 0.15) is 45.9 Å². The molecule has 0 unspecified atom stereocenters. The van der Waals surface area contributed by atoms with E-state index in [1.54, 1.807) is 50.2 Å². The van der Waals surface area contributed by atoms with Gasteiger partial charge in [0, 0.05) is 16.3 Å². The Hall–Kier alpha value is -3.32. The summed E-state index contributed by atoms with van der Waals surface area (Å²) in [6.45, 7) is 5.58. The monoisotopic (exact) mass is 427 g/mol. The second-order valence-corrected chi connectivity index (χ2v) is 7.30. The molecule has 0 aliphatic rings. The van der Waals surface area contributed by atoms with Gasteiger partial charge in [-0.25, -0.2) is 4.79 Å². The molecule has 7 nitrogen and oxygen atoms in total. The van der Waals surface area contributed by atoms with Gasteiger partial charge in [0.05, 0.1) is 11.7 Å². The minimum Gasteiger partial charge on any atom is -0.444 e. The molecule has 0 saturated heterocycles. The van der Waals surface area contributed by atoms with Crippen molar-refractivity contribution in [3.05, 3.63) is 81.7 Å². The molecule has 0 aliphatic carbocycles. The number of carbonyl (C=O) groups excluding carboxylic acids is 2. The van der Waals surface area contributed by atoms with Gasteiger partial charge < -0.3 is 14.6 Å². The van der Waals surface area contributed by atoms with E-state index in [0.717, 1.165) is 16.7 Å². The first kappa shape index (κ1) is 21.4. The number of anilines is 1. The molecule has 0 spiro atoms. The zero-order chi connectivity index (χ0) is 21.7. The zero-order valence-electron chi connectivity index (χ0n) is 16.9. The predicted octanol–water partition coefficient (Wildman–Crippen LogP) is 5.18. The molecule has 0 aliphatic heterocycles. The number of carbonyl (C=O) groups is 2. The number of hydrogen-bond acceptors (Lipinski definition) is 5. The van der Waals surface area contributed by atoms with Crippen molar-refractivity contribution in [3.8, 4) is 0 Å². The molecule has 30 heavy (non-hydrogen) atoms. The maximum absolute atomic E-state index is 12.4. The van der Waals surface area contributed by atoms with Crippen molar-refractivity contribution < 1.29 is 18.8 Å². The van der Waals surface area contributed by atoms with Crippen molar-refractivity contribution in [3.63, 3.8) is 0 Å².